The van der Waals surface area contributed by atoms with Gasteiger partial charge in [-0.25, -0.2) is 0 Å². The van der Waals surface area contributed by atoms with E-state index in [-0.39, 0.29) is 0 Å². The third-order valence-electron chi connectivity index (χ3n) is 3.98. The van der Waals surface area contributed by atoms with Crippen molar-refractivity contribution in [3.63, 3.8) is 0 Å². The van der Waals surface area contributed by atoms with Crippen molar-refractivity contribution < 1.29 is 14.3 Å². The Hall–Kier alpha value is -2.06. The molecule has 0 aliphatic carbocycles. The SMILES string of the molecule is O=C(OC(=O)C(c1cccs1)c1cccs1)C(c1cccs1)c1cccs1. The first kappa shape index (κ1) is 18.3. The zero-order chi connectivity index (χ0) is 18.6. The highest BCUT2D eigenvalue weighted by Crippen LogP contribution is 2.35. The molecule has 7 heteroatoms. The Balaban J connectivity index is 1.61. The molecule has 3 nitrogen and oxygen atoms in total. The van der Waals surface area contributed by atoms with Gasteiger partial charge in [0.15, 0.2) is 0 Å². The molecule has 0 amide bonds. The minimum atomic E-state index is -0.568. The van der Waals surface area contributed by atoms with Crippen molar-refractivity contribution >= 4 is 57.3 Å². The van der Waals surface area contributed by atoms with Gasteiger partial charge in [-0.15, -0.1) is 45.3 Å². The number of carbonyl (C=O) groups is 2. The molecule has 0 spiro atoms. The molecule has 0 atom stereocenters. The van der Waals surface area contributed by atoms with Crippen molar-refractivity contribution in [2.45, 2.75) is 11.8 Å². The maximum Gasteiger partial charge on any atom is 0.327 e. The molecule has 0 radical (unpaired) electrons. The van der Waals surface area contributed by atoms with Gasteiger partial charge >= 0.3 is 11.9 Å². The van der Waals surface area contributed by atoms with Crippen LogP contribution in [0.15, 0.2) is 70.1 Å². The van der Waals surface area contributed by atoms with Gasteiger partial charge < -0.3 is 4.74 Å². The average Bonchev–Trinajstić information content (AvgIpc) is 3.45. The van der Waals surface area contributed by atoms with Gasteiger partial charge in [-0.05, 0) is 45.8 Å². The fourth-order valence-electron chi connectivity index (χ4n) is 2.78. The van der Waals surface area contributed by atoms with Crippen molar-refractivity contribution in [2.24, 2.45) is 0 Å². The van der Waals surface area contributed by atoms with E-state index in [1.165, 1.54) is 45.3 Å². The fourth-order valence-corrected chi connectivity index (χ4v) is 6.26. The first-order valence-corrected chi connectivity index (χ1v) is 11.6. The second-order valence-electron chi connectivity index (χ2n) is 5.67. The predicted molar refractivity (Wildman–Crippen MR) is 112 cm³/mol. The van der Waals surface area contributed by atoms with E-state index in [0.29, 0.717) is 0 Å². The molecule has 4 aromatic rings. The Morgan fingerprint density at radius 3 is 1.11 bits per heavy atom. The maximum atomic E-state index is 13.0. The summed E-state index contributed by atoms with van der Waals surface area (Å²) >= 11 is 5.95. The van der Waals surface area contributed by atoms with Crippen LogP contribution in [0.25, 0.3) is 0 Å². The van der Waals surface area contributed by atoms with Gasteiger partial charge in [0.25, 0.3) is 0 Å². The summed E-state index contributed by atoms with van der Waals surface area (Å²) in [7, 11) is 0. The molecule has 0 unspecified atom stereocenters. The van der Waals surface area contributed by atoms with Crippen molar-refractivity contribution in [3.05, 3.63) is 89.6 Å². The van der Waals surface area contributed by atoms with Crippen LogP contribution in [0.3, 0.4) is 0 Å². The smallest absolute Gasteiger partial charge is 0.327 e. The van der Waals surface area contributed by atoms with E-state index in [9.17, 15) is 9.59 Å². The molecule has 0 N–H and O–H groups in total. The topological polar surface area (TPSA) is 43.4 Å². The van der Waals surface area contributed by atoms with E-state index >= 15 is 0 Å². The first-order chi connectivity index (χ1) is 13.2. The molecular formula is C20H14O3S4. The van der Waals surface area contributed by atoms with Crippen LogP contribution in [-0.2, 0) is 14.3 Å². The molecule has 0 aliphatic heterocycles. The molecule has 0 fully saturated rings. The lowest BCUT2D eigenvalue weighted by atomic mass is 10.0. The highest BCUT2D eigenvalue weighted by Gasteiger charge is 2.33. The summed E-state index contributed by atoms with van der Waals surface area (Å²) in [5, 5.41) is 7.69. The summed E-state index contributed by atoms with van der Waals surface area (Å²) in [5.74, 6) is -2.19. The van der Waals surface area contributed by atoms with Crippen molar-refractivity contribution in [1.82, 2.24) is 0 Å². The van der Waals surface area contributed by atoms with E-state index in [1.54, 1.807) is 0 Å². The van der Waals surface area contributed by atoms with Crippen LogP contribution in [0.1, 0.15) is 31.3 Å². The van der Waals surface area contributed by atoms with Gasteiger partial charge in [0.05, 0.1) is 0 Å². The number of hydrogen-bond donors (Lipinski definition) is 0. The predicted octanol–water partition coefficient (Wildman–Crippen LogP) is 5.97. The van der Waals surface area contributed by atoms with Gasteiger partial charge in [-0.1, -0.05) is 24.3 Å². The standard InChI is InChI=1S/C20H14O3S4/c21-19(17(13-5-1-9-24-13)14-6-2-10-25-14)23-20(22)18(15-7-3-11-26-15)16-8-4-12-27-16/h1-12,17-18H. The number of ether oxygens (including phenoxy) is 1. The Labute approximate surface area is 172 Å². The number of hydrogen-bond acceptors (Lipinski definition) is 7. The van der Waals surface area contributed by atoms with Gasteiger partial charge in [0.1, 0.15) is 11.8 Å². The van der Waals surface area contributed by atoms with Gasteiger partial charge in [-0.3, -0.25) is 9.59 Å². The first-order valence-electron chi connectivity index (χ1n) is 8.13. The molecule has 0 saturated heterocycles. The summed E-state index contributed by atoms with van der Waals surface area (Å²) in [4.78, 5) is 29.4. The van der Waals surface area contributed by atoms with Gasteiger partial charge in [-0.2, -0.15) is 0 Å². The Bertz CT molecular complexity index is 833. The largest absolute Gasteiger partial charge is 0.392 e. The second kappa shape index (κ2) is 8.31. The zero-order valence-electron chi connectivity index (χ0n) is 13.9. The monoisotopic (exact) mass is 430 g/mol. The maximum absolute atomic E-state index is 13.0. The van der Waals surface area contributed by atoms with Crippen LogP contribution >= 0.6 is 45.3 Å². The normalized spacial score (nSPS) is 11.2. The average molecular weight is 431 g/mol. The molecule has 4 heterocycles. The Morgan fingerprint density at radius 2 is 0.889 bits per heavy atom. The van der Waals surface area contributed by atoms with Crippen LogP contribution < -0.4 is 0 Å². The molecule has 0 aliphatic rings. The van der Waals surface area contributed by atoms with Crippen molar-refractivity contribution in [2.75, 3.05) is 0 Å². The lowest BCUT2D eigenvalue weighted by molar-refractivity contribution is -0.160. The summed E-state index contributed by atoms with van der Waals surface area (Å²) in [6.07, 6.45) is 0. The van der Waals surface area contributed by atoms with Crippen LogP contribution in [0.2, 0.25) is 0 Å². The lowest BCUT2D eigenvalue weighted by Gasteiger charge is -2.16. The van der Waals surface area contributed by atoms with Gasteiger partial charge in [0.2, 0.25) is 0 Å². The van der Waals surface area contributed by atoms with Crippen LogP contribution in [0, 0.1) is 0 Å². The highest BCUT2D eigenvalue weighted by atomic mass is 32.1. The van der Waals surface area contributed by atoms with Crippen molar-refractivity contribution in [3.8, 4) is 0 Å². The van der Waals surface area contributed by atoms with E-state index in [2.05, 4.69) is 0 Å². The molecular weight excluding hydrogens is 416 g/mol. The molecule has 4 rings (SSSR count). The van der Waals surface area contributed by atoms with E-state index < -0.39 is 23.8 Å². The number of carbonyl (C=O) groups excluding carboxylic acids is 2. The Morgan fingerprint density at radius 1 is 0.593 bits per heavy atom. The lowest BCUT2D eigenvalue weighted by Crippen LogP contribution is -2.24. The van der Waals surface area contributed by atoms with E-state index in [4.69, 9.17) is 4.74 Å². The third-order valence-corrected chi connectivity index (χ3v) is 7.73. The molecule has 4 aromatic heterocycles. The highest BCUT2D eigenvalue weighted by molar-refractivity contribution is 7.12. The van der Waals surface area contributed by atoms with Crippen LogP contribution in [-0.4, -0.2) is 11.9 Å². The van der Waals surface area contributed by atoms with Gasteiger partial charge in [0, 0.05) is 19.5 Å². The fraction of sp³-hybridized carbons (Fsp3) is 0.100. The number of thiophene rings is 4. The van der Waals surface area contributed by atoms with Crippen LogP contribution in [0.4, 0.5) is 0 Å². The molecule has 0 aromatic carbocycles. The molecule has 136 valence electrons. The quantitative estimate of drug-likeness (QED) is 0.280. The van der Waals surface area contributed by atoms with E-state index in [1.807, 2.05) is 70.1 Å². The summed E-state index contributed by atoms with van der Waals surface area (Å²) < 4.78 is 5.42. The third kappa shape index (κ3) is 3.96. The molecule has 0 saturated carbocycles. The van der Waals surface area contributed by atoms with Crippen molar-refractivity contribution in [1.29, 1.82) is 0 Å². The summed E-state index contributed by atoms with van der Waals surface area (Å²) in [6.45, 7) is 0. The molecule has 0 bridgehead atoms. The summed E-state index contributed by atoms with van der Waals surface area (Å²) in [6, 6.07) is 15.2. The zero-order valence-corrected chi connectivity index (χ0v) is 17.2. The minimum absolute atomic E-state index is 0.525. The van der Waals surface area contributed by atoms with Crippen LogP contribution in [0.5, 0.6) is 0 Å². The molecule has 27 heavy (non-hydrogen) atoms. The minimum Gasteiger partial charge on any atom is -0.392 e. The second-order valence-corrected chi connectivity index (χ2v) is 9.58. The number of esters is 2. The van der Waals surface area contributed by atoms with E-state index in [0.717, 1.165) is 19.5 Å². The Kier molecular flexibility index (Phi) is 5.63. The number of rotatable bonds is 6. The summed E-state index contributed by atoms with van der Waals surface area (Å²) in [5.41, 5.74) is 0.